The van der Waals surface area contributed by atoms with Crippen molar-refractivity contribution in [1.82, 2.24) is 4.98 Å². The number of nitrogens with zero attached hydrogens (tertiary/aromatic N) is 1. The second-order valence-corrected chi connectivity index (χ2v) is 10.8. The molecule has 0 radical (unpaired) electrons. The van der Waals surface area contributed by atoms with Crippen LogP contribution >= 0.6 is 11.3 Å². The molecule has 0 spiro atoms. The number of rotatable bonds is 11. The molecule has 3 aromatic rings. The van der Waals surface area contributed by atoms with E-state index in [0.717, 1.165) is 24.0 Å². The minimum absolute atomic E-state index is 0.172. The molecule has 0 saturated carbocycles. The number of unbranched alkanes of at least 4 members (excludes halogenated alkanes) is 6. The van der Waals surface area contributed by atoms with Gasteiger partial charge in [-0.05, 0) is 42.8 Å². The molecule has 1 heterocycles. The van der Waals surface area contributed by atoms with Gasteiger partial charge < -0.3 is 5.32 Å². The first-order valence-corrected chi connectivity index (χ1v) is 14.2. The largest absolute Gasteiger partial charge is 0.302 e. The minimum Gasteiger partial charge on any atom is -0.302 e. The SMILES string of the molecule is CCCCCCCCC#Cc1ccc(S(=O)(=O)Nc2cccc(-c3csc(NC(C)=O)n3)c2)cc1. The van der Waals surface area contributed by atoms with Gasteiger partial charge in [-0.2, -0.15) is 0 Å². The van der Waals surface area contributed by atoms with Gasteiger partial charge in [-0.3, -0.25) is 9.52 Å². The van der Waals surface area contributed by atoms with E-state index in [0.29, 0.717) is 16.5 Å². The zero-order valence-electron chi connectivity index (χ0n) is 20.1. The number of aromatic nitrogens is 1. The van der Waals surface area contributed by atoms with Crippen LogP contribution in [0.2, 0.25) is 0 Å². The number of nitrogens with one attached hydrogen (secondary N) is 2. The van der Waals surface area contributed by atoms with Gasteiger partial charge >= 0.3 is 0 Å². The Kier molecular flexibility index (Phi) is 9.88. The van der Waals surface area contributed by atoms with Crippen molar-refractivity contribution >= 4 is 38.1 Å². The van der Waals surface area contributed by atoms with Crippen LogP contribution in [-0.2, 0) is 14.8 Å². The Bertz CT molecular complexity index is 1290. The molecule has 184 valence electrons. The Balaban J connectivity index is 1.59. The van der Waals surface area contributed by atoms with E-state index in [2.05, 4.69) is 33.8 Å². The van der Waals surface area contributed by atoms with Crippen molar-refractivity contribution in [3.05, 3.63) is 59.5 Å². The van der Waals surface area contributed by atoms with Crippen molar-refractivity contribution in [3.8, 4) is 23.1 Å². The summed E-state index contributed by atoms with van der Waals surface area (Å²) < 4.78 is 28.4. The van der Waals surface area contributed by atoms with Crippen molar-refractivity contribution in [2.75, 3.05) is 10.0 Å². The van der Waals surface area contributed by atoms with Crippen molar-refractivity contribution in [2.24, 2.45) is 0 Å². The van der Waals surface area contributed by atoms with Crippen molar-refractivity contribution in [1.29, 1.82) is 0 Å². The highest BCUT2D eigenvalue weighted by molar-refractivity contribution is 7.92. The van der Waals surface area contributed by atoms with E-state index in [1.165, 1.54) is 50.4 Å². The average molecular weight is 510 g/mol. The molecule has 2 N–H and O–H groups in total. The Morgan fingerprint density at radius 1 is 1.03 bits per heavy atom. The van der Waals surface area contributed by atoms with Gasteiger partial charge in [0.2, 0.25) is 5.91 Å². The Morgan fingerprint density at radius 2 is 1.77 bits per heavy atom. The molecule has 1 amide bonds. The zero-order chi connectivity index (χ0) is 25.1. The lowest BCUT2D eigenvalue weighted by Gasteiger charge is -2.09. The lowest BCUT2D eigenvalue weighted by atomic mass is 10.1. The summed E-state index contributed by atoms with van der Waals surface area (Å²) in [6.07, 6.45) is 8.27. The number of thiazole rings is 1. The van der Waals surface area contributed by atoms with Crippen LogP contribution in [0.4, 0.5) is 10.8 Å². The fourth-order valence-corrected chi connectivity index (χ4v) is 5.26. The summed E-state index contributed by atoms with van der Waals surface area (Å²) in [5, 5.41) is 4.95. The molecular weight excluding hydrogens is 478 g/mol. The highest BCUT2D eigenvalue weighted by atomic mass is 32.2. The standard InChI is InChI=1S/C27H31N3O3S2/c1-3-4-5-6-7-8-9-10-12-22-15-17-25(18-16-22)35(32,33)30-24-14-11-13-23(19-24)26-20-34-27(29-26)28-21(2)31/h11,13-20,30H,3-9H2,1-2H3,(H,28,29,31). The van der Waals surface area contributed by atoms with E-state index in [4.69, 9.17) is 0 Å². The van der Waals surface area contributed by atoms with Gasteiger partial charge in [-0.1, -0.05) is 63.0 Å². The molecule has 3 rings (SSSR count). The highest BCUT2D eigenvalue weighted by Crippen LogP contribution is 2.27. The molecule has 8 heteroatoms. The number of sulfonamides is 1. The summed E-state index contributed by atoms with van der Waals surface area (Å²) in [6, 6.07) is 13.6. The molecule has 0 atom stereocenters. The smallest absolute Gasteiger partial charge is 0.261 e. The molecule has 0 aliphatic carbocycles. The maximum Gasteiger partial charge on any atom is 0.261 e. The fourth-order valence-electron chi connectivity index (χ4n) is 3.45. The number of amides is 1. The molecule has 0 aliphatic heterocycles. The maximum absolute atomic E-state index is 12.9. The van der Waals surface area contributed by atoms with Gasteiger partial charge in [-0.25, -0.2) is 13.4 Å². The van der Waals surface area contributed by atoms with E-state index in [-0.39, 0.29) is 10.8 Å². The second-order valence-electron chi connectivity index (χ2n) is 8.25. The van der Waals surface area contributed by atoms with Crippen molar-refractivity contribution < 1.29 is 13.2 Å². The number of hydrogen-bond acceptors (Lipinski definition) is 5. The van der Waals surface area contributed by atoms with Crippen LogP contribution in [-0.4, -0.2) is 19.3 Å². The Morgan fingerprint density at radius 3 is 2.51 bits per heavy atom. The molecule has 2 aromatic carbocycles. The molecule has 0 fully saturated rings. The lowest BCUT2D eigenvalue weighted by molar-refractivity contribution is -0.114. The van der Waals surface area contributed by atoms with Crippen molar-refractivity contribution in [3.63, 3.8) is 0 Å². The normalized spacial score (nSPS) is 10.9. The maximum atomic E-state index is 12.9. The van der Waals surface area contributed by atoms with Crippen LogP contribution in [0.15, 0.2) is 58.8 Å². The van der Waals surface area contributed by atoms with E-state index in [9.17, 15) is 13.2 Å². The minimum atomic E-state index is -3.75. The first kappa shape index (κ1) is 26.5. The molecular formula is C27H31N3O3S2. The van der Waals surface area contributed by atoms with Gasteiger partial charge in [0.25, 0.3) is 10.0 Å². The average Bonchev–Trinajstić information content (AvgIpc) is 3.29. The monoisotopic (exact) mass is 509 g/mol. The van der Waals surface area contributed by atoms with E-state index < -0.39 is 10.0 Å². The molecule has 35 heavy (non-hydrogen) atoms. The number of anilines is 2. The summed E-state index contributed by atoms with van der Waals surface area (Å²) >= 11 is 1.31. The van der Waals surface area contributed by atoms with Crippen molar-refractivity contribution in [2.45, 2.75) is 63.7 Å². The third-order valence-electron chi connectivity index (χ3n) is 5.25. The highest BCUT2D eigenvalue weighted by Gasteiger charge is 2.15. The number of hydrogen-bond donors (Lipinski definition) is 2. The lowest BCUT2D eigenvalue weighted by Crippen LogP contribution is -2.12. The summed E-state index contributed by atoms with van der Waals surface area (Å²) in [7, 11) is -3.75. The van der Waals surface area contributed by atoms with E-state index in [1.54, 1.807) is 42.5 Å². The first-order chi connectivity index (χ1) is 16.9. The third kappa shape index (κ3) is 8.53. The topological polar surface area (TPSA) is 88.2 Å². The molecule has 6 nitrogen and oxygen atoms in total. The Hall–Kier alpha value is -3.15. The second kappa shape index (κ2) is 13.1. The predicted molar refractivity (Wildman–Crippen MR) is 144 cm³/mol. The molecule has 0 saturated heterocycles. The third-order valence-corrected chi connectivity index (χ3v) is 7.41. The first-order valence-electron chi connectivity index (χ1n) is 11.8. The number of carbonyl (C=O) groups excluding carboxylic acids is 1. The molecule has 0 aliphatic rings. The number of carbonyl (C=O) groups is 1. The van der Waals surface area contributed by atoms with Crippen LogP contribution in [0.5, 0.6) is 0 Å². The zero-order valence-corrected chi connectivity index (χ0v) is 21.8. The fraction of sp³-hybridized carbons (Fsp3) is 0.333. The number of benzene rings is 2. The van der Waals surface area contributed by atoms with E-state index in [1.807, 2.05) is 11.4 Å². The summed E-state index contributed by atoms with van der Waals surface area (Å²) in [5.74, 6) is 6.11. The Labute approximate surface area is 212 Å². The molecule has 0 bridgehead atoms. The van der Waals surface area contributed by atoms with Gasteiger partial charge in [0.15, 0.2) is 5.13 Å². The van der Waals surface area contributed by atoms with Gasteiger partial charge in [0.1, 0.15) is 0 Å². The van der Waals surface area contributed by atoms with Gasteiger partial charge in [-0.15, -0.1) is 11.3 Å². The van der Waals surface area contributed by atoms with Gasteiger partial charge in [0.05, 0.1) is 10.6 Å². The van der Waals surface area contributed by atoms with Crippen LogP contribution in [0.1, 0.15) is 64.4 Å². The van der Waals surface area contributed by atoms with E-state index >= 15 is 0 Å². The van der Waals surface area contributed by atoms with Crippen LogP contribution in [0.25, 0.3) is 11.3 Å². The predicted octanol–water partition coefficient (Wildman–Crippen LogP) is 6.67. The summed E-state index contributed by atoms with van der Waals surface area (Å²) in [4.78, 5) is 15.8. The molecule has 0 unspecified atom stereocenters. The summed E-state index contributed by atoms with van der Waals surface area (Å²) in [6.45, 7) is 3.64. The quantitative estimate of drug-likeness (QED) is 0.223. The molecule has 1 aromatic heterocycles. The van der Waals surface area contributed by atoms with Gasteiger partial charge in [0, 0.05) is 35.5 Å². The summed E-state index contributed by atoms with van der Waals surface area (Å²) in [5.41, 5.74) is 2.63. The van der Waals surface area contributed by atoms with Crippen LogP contribution < -0.4 is 10.0 Å². The van der Waals surface area contributed by atoms with Crippen LogP contribution in [0.3, 0.4) is 0 Å². The van der Waals surface area contributed by atoms with Crippen LogP contribution in [0, 0.1) is 11.8 Å².